The number of amides is 1. The van der Waals surface area contributed by atoms with Crippen LogP contribution in [0.1, 0.15) is 58.9 Å². The number of guanidine groups is 1. The van der Waals surface area contributed by atoms with Crippen LogP contribution in [0, 0.1) is 5.92 Å². The number of piperidine rings is 1. The average Bonchev–Trinajstić information content (AvgIpc) is 3.55. The standard InChI is InChI=1S/C25H40N4O3.HI/c1-5-26-23(27-14-11-19-7-6-8-22(30)17-19)28-15-12-21(13-16-28)29(18-20-9-10-20)24(31)32-25(2,3)4;/h6-8,17,20-21,30H,5,9-16,18H2,1-4H3,(H,26,27);1H. The van der Waals surface area contributed by atoms with Gasteiger partial charge >= 0.3 is 6.09 Å². The highest BCUT2D eigenvalue weighted by Gasteiger charge is 2.35. The van der Waals surface area contributed by atoms with Gasteiger partial charge in [0.2, 0.25) is 0 Å². The maximum Gasteiger partial charge on any atom is 0.410 e. The number of ether oxygens (including phenoxy) is 1. The van der Waals surface area contributed by atoms with Crippen molar-refractivity contribution in [1.82, 2.24) is 15.1 Å². The number of benzene rings is 1. The molecule has 1 aromatic rings. The zero-order chi connectivity index (χ0) is 23.1. The molecule has 1 amide bonds. The second-order valence-corrected chi connectivity index (χ2v) is 9.95. The second-order valence-electron chi connectivity index (χ2n) is 9.95. The third kappa shape index (κ3) is 9.22. The van der Waals surface area contributed by atoms with Gasteiger partial charge in [-0.2, -0.15) is 0 Å². The van der Waals surface area contributed by atoms with Crippen molar-refractivity contribution in [3.05, 3.63) is 29.8 Å². The number of rotatable bonds is 7. The topological polar surface area (TPSA) is 77.4 Å². The molecule has 33 heavy (non-hydrogen) atoms. The number of aromatic hydroxyl groups is 1. The summed E-state index contributed by atoms with van der Waals surface area (Å²) in [5.41, 5.74) is 0.608. The molecule has 2 fully saturated rings. The van der Waals surface area contributed by atoms with Crippen molar-refractivity contribution in [2.45, 2.75) is 71.4 Å². The average molecular weight is 573 g/mol. The minimum Gasteiger partial charge on any atom is -0.508 e. The first-order valence-corrected chi connectivity index (χ1v) is 12.1. The van der Waals surface area contributed by atoms with E-state index in [2.05, 4.69) is 17.1 Å². The Morgan fingerprint density at radius 3 is 2.52 bits per heavy atom. The van der Waals surface area contributed by atoms with Crippen LogP contribution in [0.15, 0.2) is 29.3 Å². The van der Waals surface area contributed by atoms with Crippen molar-refractivity contribution in [1.29, 1.82) is 0 Å². The van der Waals surface area contributed by atoms with Crippen molar-refractivity contribution in [3.63, 3.8) is 0 Å². The Labute approximate surface area is 216 Å². The van der Waals surface area contributed by atoms with Gasteiger partial charge in [-0.1, -0.05) is 12.1 Å². The molecular formula is C25H41IN4O3. The van der Waals surface area contributed by atoms with Gasteiger partial charge in [0.05, 0.1) is 0 Å². The third-order valence-corrected chi connectivity index (χ3v) is 5.89. The third-order valence-electron chi connectivity index (χ3n) is 5.89. The van der Waals surface area contributed by atoms with Crippen molar-refractivity contribution in [3.8, 4) is 5.75 Å². The molecule has 8 heteroatoms. The minimum absolute atomic E-state index is 0. The molecule has 0 bridgehead atoms. The van der Waals surface area contributed by atoms with Crippen molar-refractivity contribution in [2.24, 2.45) is 10.9 Å². The normalized spacial score (nSPS) is 17.3. The lowest BCUT2D eigenvalue weighted by Crippen LogP contribution is -2.52. The number of carbonyl (C=O) groups is 1. The summed E-state index contributed by atoms with van der Waals surface area (Å²) in [5.74, 6) is 1.86. The van der Waals surface area contributed by atoms with Gasteiger partial charge < -0.3 is 25.0 Å². The summed E-state index contributed by atoms with van der Waals surface area (Å²) in [6.07, 6.45) is 4.89. The summed E-state index contributed by atoms with van der Waals surface area (Å²) >= 11 is 0. The van der Waals surface area contributed by atoms with Crippen LogP contribution < -0.4 is 5.32 Å². The maximum atomic E-state index is 12.9. The Balaban J connectivity index is 0.00000385. The Morgan fingerprint density at radius 2 is 1.94 bits per heavy atom. The number of hydrogen-bond acceptors (Lipinski definition) is 4. The summed E-state index contributed by atoms with van der Waals surface area (Å²) in [4.78, 5) is 22.0. The number of hydrogen-bond donors (Lipinski definition) is 2. The predicted octanol–water partition coefficient (Wildman–Crippen LogP) is 4.63. The zero-order valence-corrected chi connectivity index (χ0v) is 22.9. The van der Waals surface area contributed by atoms with Crippen LogP contribution >= 0.6 is 24.0 Å². The Morgan fingerprint density at radius 1 is 1.24 bits per heavy atom. The molecule has 0 atom stereocenters. The molecule has 1 aliphatic carbocycles. The van der Waals surface area contributed by atoms with Crippen LogP contribution in [0.4, 0.5) is 4.79 Å². The Bertz CT molecular complexity index is 784. The lowest BCUT2D eigenvalue weighted by atomic mass is 10.0. The SMILES string of the molecule is CCNC(=NCCc1cccc(O)c1)N1CCC(N(CC2CC2)C(=O)OC(C)(C)C)CC1.I. The van der Waals surface area contributed by atoms with E-state index in [4.69, 9.17) is 9.73 Å². The fourth-order valence-electron chi connectivity index (χ4n) is 4.09. The number of nitrogens with one attached hydrogen (secondary N) is 1. The van der Waals surface area contributed by atoms with E-state index in [1.807, 2.05) is 37.8 Å². The first kappa shape index (κ1) is 27.5. The molecule has 3 rings (SSSR count). The lowest BCUT2D eigenvalue weighted by molar-refractivity contribution is 0.00928. The number of nitrogens with zero attached hydrogens (tertiary/aromatic N) is 3. The molecule has 1 aromatic carbocycles. The van der Waals surface area contributed by atoms with Crippen LogP contribution in [-0.4, -0.2) is 71.3 Å². The first-order chi connectivity index (χ1) is 15.2. The van der Waals surface area contributed by atoms with E-state index in [0.717, 1.165) is 57.0 Å². The van der Waals surface area contributed by atoms with E-state index >= 15 is 0 Å². The molecule has 186 valence electrons. The van der Waals surface area contributed by atoms with Crippen molar-refractivity contribution >= 4 is 36.0 Å². The molecule has 0 aromatic heterocycles. The van der Waals surface area contributed by atoms with E-state index in [-0.39, 0.29) is 36.1 Å². The predicted molar refractivity (Wildman–Crippen MR) is 143 cm³/mol. The van der Waals surface area contributed by atoms with Gasteiger partial charge in [0, 0.05) is 38.8 Å². The number of phenols is 1. The van der Waals surface area contributed by atoms with Gasteiger partial charge in [0.1, 0.15) is 11.4 Å². The van der Waals surface area contributed by atoms with Crippen LogP contribution in [0.25, 0.3) is 0 Å². The molecule has 2 aliphatic rings. The summed E-state index contributed by atoms with van der Waals surface area (Å²) in [6, 6.07) is 7.57. The molecule has 1 heterocycles. The van der Waals surface area contributed by atoms with Crippen LogP contribution in [0.5, 0.6) is 5.75 Å². The zero-order valence-electron chi connectivity index (χ0n) is 20.5. The molecule has 1 saturated carbocycles. The van der Waals surface area contributed by atoms with Crippen LogP contribution in [0.3, 0.4) is 0 Å². The van der Waals surface area contributed by atoms with E-state index in [1.165, 1.54) is 12.8 Å². The molecule has 0 spiro atoms. The van der Waals surface area contributed by atoms with Gasteiger partial charge in [-0.05, 0) is 83.4 Å². The summed E-state index contributed by atoms with van der Waals surface area (Å²) in [7, 11) is 0. The molecule has 0 unspecified atom stereocenters. The monoisotopic (exact) mass is 572 g/mol. The van der Waals surface area contributed by atoms with Gasteiger partial charge in [0.25, 0.3) is 0 Å². The van der Waals surface area contributed by atoms with Gasteiger partial charge in [-0.25, -0.2) is 4.79 Å². The highest BCUT2D eigenvalue weighted by atomic mass is 127. The van der Waals surface area contributed by atoms with Gasteiger partial charge in [0.15, 0.2) is 5.96 Å². The Hall–Kier alpha value is -1.71. The minimum atomic E-state index is -0.472. The number of likely N-dealkylation sites (tertiary alicyclic amines) is 1. The van der Waals surface area contributed by atoms with Crippen LogP contribution in [0.2, 0.25) is 0 Å². The molecular weight excluding hydrogens is 531 g/mol. The maximum absolute atomic E-state index is 12.9. The fourth-order valence-corrected chi connectivity index (χ4v) is 4.09. The summed E-state index contributed by atoms with van der Waals surface area (Å²) in [6.45, 7) is 11.9. The molecule has 1 aliphatic heterocycles. The van der Waals surface area contributed by atoms with Gasteiger partial charge in [-0.3, -0.25) is 4.99 Å². The number of aliphatic imine (C=N–C) groups is 1. The quantitative estimate of drug-likeness (QED) is 0.283. The summed E-state index contributed by atoms with van der Waals surface area (Å²) < 4.78 is 5.72. The smallest absolute Gasteiger partial charge is 0.410 e. The highest BCUT2D eigenvalue weighted by molar-refractivity contribution is 14.0. The highest BCUT2D eigenvalue weighted by Crippen LogP contribution is 2.32. The van der Waals surface area contributed by atoms with Crippen LogP contribution in [-0.2, 0) is 11.2 Å². The number of carbonyl (C=O) groups excluding carboxylic acids is 1. The molecule has 2 N–H and O–H groups in total. The lowest BCUT2D eigenvalue weighted by Gasteiger charge is -2.40. The molecule has 7 nitrogen and oxygen atoms in total. The van der Waals surface area contributed by atoms with E-state index in [1.54, 1.807) is 12.1 Å². The largest absolute Gasteiger partial charge is 0.508 e. The van der Waals surface area contributed by atoms with E-state index in [9.17, 15) is 9.90 Å². The molecule has 0 radical (unpaired) electrons. The van der Waals surface area contributed by atoms with Crippen molar-refractivity contribution in [2.75, 3.05) is 32.7 Å². The fraction of sp³-hybridized carbons (Fsp3) is 0.680. The first-order valence-electron chi connectivity index (χ1n) is 12.1. The second kappa shape index (κ2) is 12.7. The van der Waals surface area contributed by atoms with Crippen molar-refractivity contribution < 1.29 is 14.6 Å². The Kier molecular flexibility index (Phi) is 10.6. The number of phenolic OH excluding ortho intramolecular Hbond substituents is 1. The molecule has 1 saturated heterocycles. The summed E-state index contributed by atoms with van der Waals surface area (Å²) in [5, 5.41) is 13.1. The van der Waals surface area contributed by atoms with E-state index in [0.29, 0.717) is 18.2 Å². The van der Waals surface area contributed by atoms with E-state index < -0.39 is 5.60 Å². The van der Waals surface area contributed by atoms with Gasteiger partial charge in [-0.15, -0.1) is 24.0 Å². The number of halogens is 1.